The third-order valence-corrected chi connectivity index (χ3v) is 4.08. The Kier molecular flexibility index (Phi) is 3.78. The van der Waals surface area contributed by atoms with Crippen LogP contribution < -0.4 is 5.56 Å². The minimum absolute atomic E-state index is 0.0690. The molecule has 0 bridgehead atoms. The SMILES string of the molecule is CCn1cnc2c(-c3ccncc3)nc(-c3ccncc3)cc2c1=O. The molecule has 0 atom stereocenters. The zero-order valence-corrected chi connectivity index (χ0v) is 13.6. The third-order valence-electron chi connectivity index (χ3n) is 4.08. The van der Waals surface area contributed by atoms with Gasteiger partial charge in [0.25, 0.3) is 5.56 Å². The maximum Gasteiger partial charge on any atom is 0.261 e. The lowest BCUT2D eigenvalue weighted by Gasteiger charge is -2.10. The van der Waals surface area contributed by atoms with Crippen LogP contribution in [-0.4, -0.2) is 24.5 Å². The van der Waals surface area contributed by atoms with E-state index in [4.69, 9.17) is 4.98 Å². The molecule has 6 nitrogen and oxygen atoms in total. The van der Waals surface area contributed by atoms with E-state index in [-0.39, 0.29) is 5.56 Å². The first-order chi connectivity index (χ1) is 12.3. The number of fused-ring (bicyclic) bond motifs is 1. The lowest BCUT2D eigenvalue weighted by molar-refractivity contribution is 0.717. The van der Waals surface area contributed by atoms with E-state index in [1.165, 1.54) is 0 Å². The molecule has 0 fully saturated rings. The molecule has 0 radical (unpaired) electrons. The second-order valence-corrected chi connectivity index (χ2v) is 5.56. The summed E-state index contributed by atoms with van der Waals surface area (Å²) >= 11 is 0. The summed E-state index contributed by atoms with van der Waals surface area (Å²) in [5.41, 5.74) is 3.69. The van der Waals surface area contributed by atoms with Crippen molar-refractivity contribution in [2.45, 2.75) is 13.5 Å². The quantitative estimate of drug-likeness (QED) is 0.578. The highest BCUT2D eigenvalue weighted by molar-refractivity contribution is 5.93. The molecule has 4 rings (SSSR count). The summed E-state index contributed by atoms with van der Waals surface area (Å²) in [7, 11) is 0. The molecule has 0 aliphatic carbocycles. The normalized spacial score (nSPS) is 10.9. The molecule has 0 saturated carbocycles. The molecule has 4 heterocycles. The fourth-order valence-corrected chi connectivity index (χ4v) is 2.77. The number of nitrogens with zero attached hydrogens (tertiary/aromatic N) is 5. The summed E-state index contributed by atoms with van der Waals surface area (Å²) in [5, 5.41) is 0.554. The fourth-order valence-electron chi connectivity index (χ4n) is 2.77. The van der Waals surface area contributed by atoms with E-state index in [9.17, 15) is 4.79 Å². The smallest absolute Gasteiger partial charge is 0.261 e. The molecule has 6 heteroatoms. The lowest BCUT2D eigenvalue weighted by atomic mass is 10.1. The summed E-state index contributed by atoms with van der Waals surface area (Å²) in [4.78, 5) is 30.2. The Morgan fingerprint density at radius 2 is 1.60 bits per heavy atom. The van der Waals surface area contributed by atoms with Crippen LogP contribution >= 0.6 is 0 Å². The van der Waals surface area contributed by atoms with Crippen LogP contribution in [0.2, 0.25) is 0 Å². The van der Waals surface area contributed by atoms with Crippen molar-refractivity contribution in [2.24, 2.45) is 0 Å². The van der Waals surface area contributed by atoms with Crippen LogP contribution in [0.4, 0.5) is 0 Å². The molecule has 25 heavy (non-hydrogen) atoms. The third kappa shape index (κ3) is 2.67. The van der Waals surface area contributed by atoms with Crippen LogP contribution in [0.3, 0.4) is 0 Å². The van der Waals surface area contributed by atoms with Crippen LogP contribution in [-0.2, 0) is 6.54 Å². The monoisotopic (exact) mass is 329 g/mol. The number of hydrogen-bond acceptors (Lipinski definition) is 5. The number of aryl methyl sites for hydroxylation is 1. The number of hydrogen-bond donors (Lipinski definition) is 0. The Morgan fingerprint density at radius 3 is 2.24 bits per heavy atom. The van der Waals surface area contributed by atoms with Crippen molar-refractivity contribution < 1.29 is 0 Å². The Morgan fingerprint density at radius 1 is 0.960 bits per heavy atom. The summed E-state index contributed by atoms with van der Waals surface area (Å²) in [5.74, 6) is 0. The van der Waals surface area contributed by atoms with Crippen LogP contribution in [0.1, 0.15) is 6.92 Å². The Hall–Kier alpha value is -3.41. The molecule has 0 aromatic carbocycles. The zero-order valence-electron chi connectivity index (χ0n) is 13.6. The van der Waals surface area contributed by atoms with Gasteiger partial charge in [-0.3, -0.25) is 19.3 Å². The molecule has 122 valence electrons. The second kappa shape index (κ2) is 6.24. The summed E-state index contributed by atoms with van der Waals surface area (Å²) in [6.07, 6.45) is 8.40. The largest absolute Gasteiger partial charge is 0.299 e. The van der Waals surface area contributed by atoms with Gasteiger partial charge < -0.3 is 0 Å². The molecule has 4 aromatic rings. The molecule has 4 aromatic heterocycles. The van der Waals surface area contributed by atoms with Gasteiger partial charge in [-0.15, -0.1) is 0 Å². The highest BCUT2D eigenvalue weighted by atomic mass is 16.1. The predicted molar refractivity (Wildman–Crippen MR) is 95.9 cm³/mol. The van der Waals surface area contributed by atoms with Gasteiger partial charge in [-0.1, -0.05) is 0 Å². The minimum atomic E-state index is -0.0690. The highest BCUT2D eigenvalue weighted by Gasteiger charge is 2.14. The second-order valence-electron chi connectivity index (χ2n) is 5.56. The lowest BCUT2D eigenvalue weighted by Crippen LogP contribution is -2.20. The van der Waals surface area contributed by atoms with Crippen LogP contribution in [0.15, 0.2) is 66.2 Å². The summed E-state index contributed by atoms with van der Waals surface area (Å²) in [6.45, 7) is 2.49. The van der Waals surface area contributed by atoms with Gasteiger partial charge in [0.15, 0.2) is 0 Å². The zero-order chi connectivity index (χ0) is 17.2. The van der Waals surface area contributed by atoms with Gasteiger partial charge in [-0.2, -0.15) is 0 Å². The van der Waals surface area contributed by atoms with Crippen molar-refractivity contribution in [3.8, 4) is 22.5 Å². The van der Waals surface area contributed by atoms with E-state index >= 15 is 0 Å². The predicted octanol–water partition coefficient (Wildman–Crippen LogP) is 2.94. The van der Waals surface area contributed by atoms with E-state index in [0.29, 0.717) is 23.1 Å². The van der Waals surface area contributed by atoms with Gasteiger partial charge in [0.1, 0.15) is 5.52 Å². The van der Waals surface area contributed by atoms with Crippen molar-refractivity contribution in [3.63, 3.8) is 0 Å². The van der Waals surface area contributed by atoms with E-state index in [0.717, 1.165) is 16.8 Å². The standard InChI is InChI=1S/C19H15N5O/c1-2-24-12-22-18-15(19(24)25)11-16(13-3-7-20-8-4-13)23-17(18)14-5-9-21-10-6-14/h3-12H,2H2,1H3. The molecule has 0 N–H and O–H groups in total. The first kappa shape index (κ1) is 15.1. The van der Waals surface area contributed by atoms with Gasteiger partial charge in [0.05, 0.1) is 23.1 Å². The number of pyridine rings is 3. The van der Waals surface area contributed by atoms with E-state index in [2.05, 4.69) is 15.0 Å². The van der Waals surface area contributed by atoms with Crippen molar-refractivity contribution in [3.05, 3.63) is 71.8 Å². The topological polar surface area (TPSA) is 73.6 Å². The van der Waals surface area contributed by atoms with Crippen LogP contribution in [0.5, 0.6) is 0 Å². The maximum absolute atomic E-state index is 12.8. The Bertz CT molecular complexity index is 1090. The summed E-state index contributed by atoms with van der Waals surface area (Å²) in [6, 6.07) is 9.28. The fraction of sp³-hybridized carbons (Fsp3) is 0.105. The maximum atomic E-state index is 12.8. The van der Waals surface area contributed by atoms with Gasteiger partial charge in [0.2, 0.25) is 0 Å². The molecule has 0 spiro atoms. The van der Waals surface area contributed by atoms with Crippen molar-refractivity contribution >= 4 is 10.9 Å². The van der Waals surface area contributed by atoms with Gasteiger partial charge >= 0.3 is 0 Å². The minimum Gasteiger partial charge on any atom is -0.299 e. The van der Waals surface area contributed by atoms with Gasteiger partial charge in [-0.25, -0.2) is 9.97 Å². The van der Waals surface area contributed by atoms with E-state index < -0.39 is 0 Å². The van der Waals surface area contributed by atoms with Crippen molar-refractivity contribution in [1.29, 1.82) is 0 Å². The molecular formula is C19H15N5O. The van der Waals surface area contributed by atoms with Crippen LogP contribution in [0.25, 0.3) is 33.4 Å². The number of rotatable bonds is 3. The van der Waals surface area contributed by atoms with E-state index in [1.54, 1.807) is 41.7 Å². The molecule has 0 aliphatic heterocycles. The van der Waals surface area contributed by atoms with Gasteiger partial charge in [-0.05, 0) is 37.3 Å². The Labute approximate surface area is 143 Å². The molecule has 0 unspecified atom stereocenters. The Balaban J connectivity index is 2.09. The molecule has 0 saturated heterocycles. The average Bonchev–Trinajstić information content (AvgIpc) is 2.69. The first-order valence-electron chi connectivity index (χ1n) is 7.99. The molecule has 0 amide bonds. The van der Waals surface area contributed by atoms with Crippen LogP contribution in [0, 0.1) is 0 Å². The molecule has 0 aliphatic rings. The summed E-state index contributed by atoms with van der Waals surface area (Å²) < 4.78 is 1.59. The van der Waals surface area contributed by atoms with E-state index in [1.807, 2.05) is 31.2 Å². The average molecular weight is 329 g/mol. The molecular weight excluding hydrogens is 314 g/mol. The first-order valence-corrected chi connectivity index (χ1v) is 7.99. The van der Waals surface area contributed by atoms with Crippen molar-refractivity contribution in [2.75, 3.05) is 0 Å². The highest BCUT2D eigenvalue weighted by Crippen LogP contribution is 2.28. The van der Waals surface area contributed by atoms with Gasteiger partial charge in [0, 0.05) is 42.5 Å². The van der Waals surface area contributed by atoms with Crippen molar-refractivity contribution in [1.82, 2.24) is 24.5 Å². The number of aromatic nitrogens is 5.